The molecule has 0 atom stereocenters. The highest BCUT2D eigenvalue weighted by atomic mass is 16.4. The number of aliphatic hydroxyl groups is 1. The van der Waals surface area contributed by atoms with Crippen LogP contribution >= 0.6 is 0 Å². The van der Waals surface area contributed by atoms with Crippen molar-refractivity contribution in [3.05, 3.63) is 35.9 Å². The van der Waals surface area contributed by atoms with Crippen molar-refractivity contribution in [3.8, 4) is 0 Å². The van der Waals surface area contributed by atoms with E-state index in [0.29, 0.717) is 13.1 Å². The van der Waals surface area contributed by atoms with Gasteiger partial charge in [0.15, 0.2) is 0 Å². The van der Waals surface area contributed by atoms with Gasteiger partial charge in [-0.3, -0.25) is 9.69 Å². The van der Waals surface area contributed by atoms with Crippen molar-refractivity contribution < 1.29 is 15.0 Å². The second-order valence-corrected chi connectivity index (χ2v) is 5.18. The summed E-state index contributed by atoms with van der Waals surface area (Å²) in [5.74, 6) is -0.820. The third-order valence-corrected chi connectivity index (χ3v) is 3.46. The molecule has 0 bridgehead atoms. The van der Waals surface area contributed by atoms with Crippen LogP contribution in [0.1, 0.15) is 18.4 Å². The monoisotopic (exact) mass is 249 g/mol. The average molecular weight is 249 g/mol. The molecule has 0 amide bonds. The first-order valence-corrected chi connectivity index (χ1v) is 6.22. The van der Waals surface area contributed by atoms with Crippen LogP contribution in [0.2, 0.25) is 0 Å². The van der Waals surface area contributed by atoms with Crippen LogP contribution in [0, 0.1) is 5.41 Å². The molecule has 1 fully saturated rings. The minimum Gasteiger partial charge on any atom is -0.480 e. The molecule has 0 spiro atoms. The van der Waals surface area contributed by atoms with Crippen LogP contribution in [0.15, 0.2) is 30.3 Å². The Balaban J connectivity index is 1.99. The maximum atomic E-state index is 10.9. The van der Waals surface area contributed by atoms with Gasteiger partial charge in [0.1, 0.15) is 0 Å². The number of benzene rings is 1. The van der Waals surface area contributed by atoms with E-state index in [2.05, 4.69) is 0 Å². The summed E-state index contributed by atoms with van der Waals surface area (Å²) < 4.78 is 0. The fourth-order valence-corrected chi connectivity index (χ4v) is 2.22. The van der Waals surface area contributed by atoms with E-state index in [1.807, 2.05) is 35.2 Å². The Morgan fingerprint density at radius 2 is 1.94 bits per heavy atom. The van der Waals surface area contributed by atoms with Crippen LogP contribution in [-0.2, 0) is 11.3 Å². The fourth-order valence-electron chi connectivity index (χ4n) is 2.22. The van der Waals surface area contributed by atoms with Gasteiger partial charge in [-0.15, -0.1) is 0 Å². The van der Waals surface area contributed by atoms with Crippen molar-refractivity contribution in [1.29, 1.82) is 0 Å². The van der Waals surface area contributed by atoms with E-state index >= 15 is 0 Å². The summed E-state index contributed by atoms with van der Waals surface area (Å²) in [6, 6.07) is 9.84. The molecule has 0 unspecified atom stereocenters. The third kappa shape index (κ3) is 3.55. The van der Waals surface area contributed by atoms with Gasteiger partial charge in [0.25, 0.3) is 0 Å². The fraction of sp³-hybridized carbons (Fsp3) is 0.500. The van der Waals surface area contributed by atoms with Gasteiger partial charge in [-0.1, -0.05) is 30.3 Å². The number of hydrogen-bond acceptors (Lipinski definition) is 3. The molecule has 1 aromatic rings. The molecule has 0 aliphatic heterocycles. The third-order valence-electron chi connectivity index (χ3n) is 3.46. The zero-order chi connectivity index (χ0) is 13.0. The maximum absolute atomic E-state index is 10.9. The molecule has 0 aromatic heterocycles. The Bertz CT molecular complexity index is 401. The summed E-state index contributed by atoms with van der Waals surface area (Å²) in [5.41, 5.74) is 1.05. The predicted octanol–water partition coefficient (Wildman–Crippen LogP) is 1.35. The SMILES string of the molecule is O=C(O)CN(Cc1ccccc1)CC1(CO)CC1. The van der Waals surface area contributed by atoms with E-state index in [1.54, 1.807) is 0 Å². The Morgan fingerprint density at radius 1 is 1.28 bits per heavy atom. The maximum Gasteiger partial charge on any atom is 0.317 e. The summed E-state index contributed by atoms with van der Waals surface area (Å²) in [5, 5.41) is 18.3. The molecule has 18 heavy (non-hydrogen) atoms. The molecule has 1 aliphatic rings. The van der Waals surface area contributed by atoms with Gasteiger partial charge in [-0.05, 0) is 18.4 Å². The van der Waals surface area contributed by atoms with Gasteiger partial charge in [-0.25, -0.2) is 0 Å². The van der Waals surface area contributed by atoms with E-state index in [4.69, 9.17) is 5.11 Å². The molecule has 2 rings (SSSR count). The Labute approximate surface area is 107 Å². The Kier molecular flexibility index (Phi) is 3.99. The predicted molar refractivity (Wildman–Crippen MR) is 68.1 cm³/mol. The van der Waals surface area contributed by atoms with E-state index in [0.717, 1.165) is 18.4 Å². The average Bonchev–Trinajstić information content (AvgIpc) is 3.10. The highest BCUT2D eigenvalue weighted by Crippen LogP contribution is 2.45. The first kappa shape index (κ1) is 13.1. The highest BCUT2D eigenvalue weighted by Gasteiger charge is 2.43. The second kappa shape index (κ2) is 5.50. The summed E-state index contributed by atoms with van der Waals surface area (Å²) in [6.45, 7) is 1.45. The van der Waals surface area contributed by atoms with Crippen LogP contribution in [-0.4, -0.2) is 40.8 Å². The molecule has 1 aliphatic carbocycles. The number of aliphatic hydroxyl groups excluding tert-OH is 1. The van der Waals surface area contributed by atoms with E-state index in [1.165, 1.54) is 0 Å². The quantitative estimate of drug-likeness (QED) is 0.765. The van der Waals surface area contributed by atoms with Crippen LogP contribution < -0.4 is 0 Å². The van der Waals surface area contributed by atoms with Gasteiger partial charge in [0.2, 0.25) is 0 Å². The standard InChI is InChI=1S/C14H19NO3/c16-11-14(6-7-14)10-15(9-13(17)18)8-12-4-2-1-3-5-12/h1-5,16H,6-11H2,(H,17,18). The number of aliphatic carboxylic acids is 1. The van der Waals surface area contributed by atoms with E-state index in [9.17, 15) is 9.90 Å². The molecule has 1 aromatic carbocycles. The molecule has 1 saturated carbocycles. The highest BCUT2D eigenvalue weighted by molar-refractivity contribution is 5.69. The van der Waals surface area contributed by atoms with Gasteiger partial charge in [0, 0.05) is 25.1 Å². The molecular weight excluding hydrogens is 230 g/mol. The number of carbonyl (C=O) groups is 1. The molecule has 2 N–H and O–H groups in total. The van der Waals surface area contributed by atoms with Crippen LogP contribution in [0.25, 0.3) is 0 Å². The zero-order valence-corrected chi connectivity index (χ0v) is 10.4. The summed E-state index contributed by atoms with van der Waals surface area (Å²) in [4.78, 5) is 12.8. The molecule has 0 radical (unpaired) electrons. The first-order chi connectivity index (χ1) is 8.63. The van der Waals surface area contributed by atoms with Crippen LogP contribution in [0.4, 0.5) is 0 Å². The Morgan fingerprint density at radius 3 is 2.44 bits per heavy atom. The number of carboxylic acids is 1. The number of hydrogen-bond donors (Lipinski definition) is 2. The number of nitrogens with zero attached hydrogens (tertiary/aromatic N) is 1. The zero-order valence-electron chi connectivity index (χ0n) is 10.4. The van der Waals surface area contributed by atoms with Gasteiger partial charge < -0.3 is 10.2 Å². The lowest BCUT2D eigenvalue weighted by Crippen LogP contribution is -2.35. The van der Waals surface area contributed by atoms with Crippen molar-refractivity contribution in [2.75, 3.05) is 19.7 Å². The van der Waals surface area contributed by atoms with E-state index in [-0.39, 0.29) is 18.6 Å². The van der Waals surface area contributed by atoms with Gasteiger partial charge in [-0.2, -0.15) is 0 Å². The summed E-state index contributed by atoms with van der Waals surface area (Å²) in [7, 11) is 0. The minimum absolute atomic E-state index is 0.0244. The Hall–Kier alpha value is -1.39. The lowest BCUT2D eigenvalue weighted by atomic mass is 10.1. The smallest absolute Gasteiger partial charge is 0.317 e. The molecule has 4 heteroatoms. The summed E-state index contributed by atoms with van der Waals surface area (Å²) in [6.07, 6.45) is 1.99. The topological polar surface area (TPSA) is 60.8 Å². The van der Waals surface area contributed by atoms with Gasteiger partial charge in [0.05, 0.1) is 6.54 Å². The van der Waals surface area contributed by atoms with Crippen LogP contribution in [0.3, 0.4) is 0 Å². The van der Waals surface area contributed by atoms with Crippen LogP contribution in [0.5, 0.6) is 0 Å². The van der Waals surface area contributed by atoms with Crippen molar-refractivity contribution in [1.82, 2.24) is 4.90 Å². The molecule has 4 nitrogen and oxygen atoms in total. The van der Waals surface area contributed by atoms with Crippen molar-refractivity contribution in [2.24, 2.45) is 5.41 Å². The second-order valence-electron chi connectivity index (χ2n) is 5.18. The summed E-state index contributed by atoms with van der Waals surface area (Å²) >= 11 is 0. The van der Waals surface area contributed by atoms with Gasteiger partial charge >= 0.3 is 5.97 Å². The van der Waals surface area contributed by atoms with E-state index < -0.39 is 5.97 Å². The lowest BCUT2D eigenvalue weighted by Gasteiger charge is -2.25. The minimum atomic E-state index is -0.820. The van der Waals surface area contributed by atoms with Crippen molar-refractivity contribution in [2.45, 2.75) is 19.4 Å². The molecular formula is C14H19NO3. The van der Waals surface area contributed by atoms with Crippen molar-refractivity contribution in [3.63, 3.8) is 0 Å². The number of rotatable bonds is 7. The van der Waals surface area contributed by atoms with Crippen molar-refractivity contribution >= 4 is 5.97 Å². The molecule has 98 valence electrons. The largest absolute Gasteiger partial charge is 0.480 e. The normalized spacial score (nSPS) is 16.8. The number of carboxylic acid groups (broad SMARTS) is 1. The lowest BCUT2D eigenvalue weighted by molar-refractivity contribution is -0.138. The molecule has 0 saturated heterocycles. The molecule has 0 heterocycles. The first-order valence-electron chi connectivity index (χ1n) is 6.22.